The van der Waals surface area contributed by atoms with Gasteiger partial charge in [-0.05, 0) is 37.6 Å². The van der Waals surface area contributed by atoms with Gasteiger partial charge in [-0.15, -0.1) is 0 Å². The first-order valence-electron chi connectivity index (χ1n) is 8.66. The van der Waals surface area contributed by atoms with Gasteiger partial charge in [0.1, 0.15) is 11.6 Å². The van der Waals surface area contributed by atoms with Crippen molar-refractivity contribution in [1.82, 2.24) is 19.7 Å². The zero-order chi connectivity index (χ0) is 19.8. The molecule has 0 aliphatic carbocycles. The van der Waals surface area contributed by atoms with Crippen LogP contribution in [0.3, 0.4) is 0 Å². The normalized spacial score (nSPS) is 11.2. The molecular formula is C20H17FN4O3. The van der Waals surface area contributed by atoms with E-state index >= 15 is 0 Å². The van der Waals surface area contributed by atoms with Crippen LogP contribution in [0, 0.1) is 19.7 Å². The number of halogens is 1. The van der Waals surface area contributed by atoms with E-state index in [0.717, 1.165) is 16.6 Å². The fourth-order valence-electron chi connectivity index (χ4n) is 3.30. The number of pyridine rings is 1. The number of carboxylic acids is 1. The first-order valence-corrected chi connectivity index (χ1v) is 8.66. The molecular weight excluding hydrogens is 363 g/mol. The predicted molar refractivity (Wildman–Crippen MR) is 99.3 cm³/mol. The summed E-state index contributed by atoms with van der Waals surface area (Å²) in [6.07, 6.45) is 1.41. The number of imidazole rings is 1. The maximum absolute atomic E-state index is 13.2. The van der Waals surface area contributed by atoms with E-state index in [1.165, 1.54) is 12.1 Å². The molecule has 3 heterocycles. The number of nitrogens with zero attached hydrogens (tertiary/aromatic N) is 4. The lowest BCUT2D eigenvalue weighted by Gasteiger charge is -2.10. The number of aryl methyl sites for hydroxylation is 2. The van der Waals surface area contributed by atoms with Crippen molar-refractivity contribution in [3.05, 3.63) is 65.2 Å². The lowest BCUT2D eigenvalue weighted by molar-refractivity contribution is -0.136. The summed E-state index contributed by atoms with van der Waals surface area (Å²) in [6, 6.07) is 8.11. The molecule has 28 heavy (non-hydrogen) atoms. The number of fused-ring (bicyclic) bond motifs is 1. The minimum atomic E-state index is -0.981. The van der Waals surface area contributed by atoms with Crippen molar-refractivity contribution in [2.24, 2.45) is 0 Å². The molecule has 0 fully saturated rings. The highest BCUT2D eigenvalue weighted by Crippen LogP contribution is 2.32. The molecule has 4 aromatic rings. The number of hydrogen-bond donors (Lipinski definition) is 1. The Balaban J connectivity index is 1.86. The van der Waals surface area contributed by atoms with Crippen LogP contribution >= 0.6 is 0 Å². The molecule has 0 saturated heterocycles. The molecule has 0 unspecified atom stereocenters. The molecule has 3 aromatic heterocycles. The van der Waals surface area contributed by atoms with E-state index in [1.807, 2.05) is 10.6 Å². The zero-order valence-electron chi connectivity index (χ0n) is 15.3. The highest BCUT2D eigenvalue weighted by molar-refractivity contribution is 5.84. The van der Waals surface area contributed by atoms with Crippen LogP contribution < -0.4 is 0 Å². The van der Waals surface area contributed by atoms with Crippen molar-refractivity contribution in [3.8, 4) is 11.1 Å². The molecule has 1 aromatic carbocycles. The maximum atomic E-state index is 13.2. The van der Waals surface area contributed by atoms with Gasteiger partial charge in [0.25, 0.3) is 0 Å². The van der Waals surface area contributed by atoms with Crippen molar-refractivity contribution in [3.63, 3.8) is 0 Å². The monoisotopic (exact) mass is 380 g/mol. The summed E-state index contributed by atoms with van der Waals surface area (Å²) in [7, 11) is 0. The van der Waals surface area contributed by atoms with Crippen molar-refractivity contribution < 1.29 is 18.8 Å². The van der Waals surface area contributed by atoms with Crippen LogP contribution in [0.4, 0.5) is 4.39 Å². The third-order valence-electron chi connectivity index (χ3n) is 4.58. The van der Waals surface area contributed by atoms with E-state index < -0.39 is 5.97 Å². The second-order valence-electron chi connectivity index (χ2n) is 6.59. The van der Waals surface area contributed by atoms with Gasteiger partial charge in [-0.3, -0.25) is 4.79 Å². The Morgan fingerprint density at radius 3 is 2.64 bits per heavy atom. The lowest BCUT2D eigenvalue weighted by atomic mass is 10.0. The van der Waals surface area contributed by atoms with Gasteiger partial charge in [-0.2, -0.15) is 0 Å². The Morgan fingerprint density at radius 2 is 2.00 bits per heavy atom. The first-order chi connectivity index (χ1) is 13.4. The Bertz CT molecular complexity index is 1160. The lowest BCUT2D eigenvalue weighted by Crippen LogP contribution is -2.06. The van der Waals surface area contributed by atoms with Crippen LogP contribution in [0.2, 0.25) is 0 Å². The third-order valence-corrected chi connectivity index (χ3v) is 4.58. The number of carbonyl (C=O) groups is 1. The van der Waals surface area contributed by atoms with E-state index in [4.69, 9.17) is 4.52 Å². The molecule has 8 heteroatoms. The predicted octanol–water partition coefficient (Wildman–Crippen LogP) is 3.52. The summed E-state index contributed by atoms with van der Waals surface area (Å²) in [5.41, 5.74) is 4.57. The molecule has 0 bridgehead atoms. The Hall–Kier alpha value is -3.55. The quantitative estimate of drug-likeness (QED) is 0.569. The first kappa shape index (κ1) is 17.8. The average molecular weight is 380 g/mol. The van der Waals surface area contributed by atoms with E-state index in [-0.39, 0.29) is 12.2 Å². The van der Waals surface area contributed by atoms with E-state index in [9.17, 15) is 14.3 Å². The van der Waals surface area contributed by atoms with E-state index in [0.29, 0.717) is 34.9 Å². The van der Waals surface area contributed by atoms with Gasteiger partial charge < -0.3 is 14.2 Å². The molecule has 0 aliphatic heterocycles. The second-order valence-corrected chi connectivity index (χ2v) is 6.59. The molecule has 142 valence electrons. The molecule has 1 N–H and O–H groups in total. The number of carboxylic acid groups (broad SMARTS) is 1. The fraction of sp³-hybridized carbons (Fsp3) is 0.200. The van der Waals surface area contributed by atoms with Crippen LogP contribution in [0.15, 0.2) is 41.2 Å². The molecule has 0 aliphatic rings. The highest BCUT2D eigenvalue weighted by Gasteiger charge is 2.20. The molecule has 7 nitrogen and oxygen atoms in total. The topological polar surface area (TPSA) is 94.0 Å². The van der Waals surface area contributed by atoms with Crippen LogP contribution in [0.25, 0.3) is 22.3 Å². The van der Waals surface area contributed by atoms with Gasteiger partial charge in [0.15, 0.2) is 5.65 Å². The summed E-state index contributed by atoms with van der Waals surface area (Å²) in [4.78, 5) is 20.1. The number of rotatable bonds is 5. The largest absolute Gasteiger partial charge is 0.481 e. The van der Waals surface area contributed by atoms with Crippen LogP contribution in [-0.4, -0.2) is 30.8 Å². The van der Waals surface area contributed by atoms with E-state index in [1.54, 1.807) is 32.3 Å². The van der Waals surface area contributed by atoms with Crippen LogP contribution in [-0.2, 0) is 17.8 Å². The smallest absolute Gasteiger partial charge is 0.309 e. The second kappa shape index (κ2) is 6.88. The number of hydrogen-bond acceptors (Lipinski definition) is 5. The molecule has 0 radical (unpaired) electrons. The fourth-order valence-corrected chi connectivity index (χ4v) is 3.30. The summed E-state index contributed by atoms with van der Waals surface area (Å²) in [6.45, 7) is 4.06. The van der Waals surface area contributed by atoms with Crippen molar-refractivity contribution in [2.75, 3.05) is 0 Å². The molecule has 0 atom stereocenters. The van der Waals surface area contributed by atoms with Gasteiger partial charge in [0, 0.05) is 17.7 Å². The Morgan fingerprint density at radius 1 is 1.25 bits per heavy atom. The number of aromatic nitrogens is 4. The molecule has 0 spiro atoms. The zero-order valence-corrected chi connectivity index (χ0v) is 15.3. The Labute approximate surface area is 159 Å². The SMILES string of the molecule is Cc1noc(C)c1-c1cc2c(ncn2Cc2ccc(F)cc2)nc1CC(=O)O. The summed E-state index contributed by atoms with van der Waals surface area (Å²) in [5.74, 6) is -0.680. The highest BCUT2D eigenvalue weighted by atomic mass is 19.1. The van der Waals surface area contributed by atoms with Gasteiger partial charge in [-0.25, -0.2) is 14.4 Å². The molecule has 0 amide bonds. The van der Waals surface area contributed by atoms with Crippen LogP contribution in [0.1, 0.15) is 22.7 Å². The van der Waals surface area contributed by atoms with Gasteiger partial charge >= 0.3 is 5.97 Å². The standard InChI is InChI=1S/C20H17FN4O3/c1-11-19(12(2)28-24-11)15-7-17-20(23-16(15)8-18(26)27)22-10-25(17)9-13-3-5-14(21)6-4-13/h3-7,10H,8-9H2,1-2H3,(H,26,27). The van der Waals surface area contributed by atoms with Crippen molar-refractivity contribution >= 4 is 17.1 Å². The number of benzene rings is 1. The van der Waals surface area contributed by atoms with E-state index in [2.05, 4.69) is 15.1 Å². The van der Waals surface area contributed by atoms with Gasteiger partial charge in [-0.1, -0.05) is 17.3 Å². The Kier molecular flexibility index (Phi) is 4.38. The van der Waals surface area contributed by atoms with Gasteiger partial charge in [0.2, 0.25) is 0 Å². The summed E-state index contributed by atoms with van der Waals surface area (Å²) in [5, 5.41) is 13.3. The molecule has 4 rings (SSSR count). The van der Waals surface area contributed by atoms with Gasteiger partial charge in [0.05, 0.1) is 29.7 Å². The third kappa shape index (κ3) is 3.24. The average Bonchev–Trinajstić information content (AvgIpc) is 3.18. The maximum Gasteiger partial charge on any atom is 0.309 e. The number of aliphatic carboxylic acids is 1. The summed E-state index contributed by atoms with van der Waals surface area (Å²) >= 11 is 0. The molecule has 0 saturated carbocycles. The minimum Gasteiger partial charge on any atom is -0.481 e. The van der Waals surface area contributed by atoms with Crippen molar-refractivity contribution in [2.45, 2.75) is 26.8 Å². The van der Waals surface area contributed by atoms with Crippen LogP contribution in [0.5, 0.6) is 0 Å². The van der Waals surface area contributed by atoms with Crippen molar-refractivity contribution in [1.29, 1.82) is 0 Å². The summed E-state index contributed by atoms with van der Waals surface area (Å²) < 4.78 is 20.3. The minimum absolute atomic E-state index is 0.236.